The highest BCUT2D eigenvalue weighted by Crippen LogP contribution is 2.40. The lowest BCUT2D eigenvalue weighted by Gasteiger charge is -2.37. The van der Waals surface area contributed by atoms with Crippen molar-refractivity contribution in [1.82, 2.24) is 29.4 Å². The number of hydrogen-bond acceptors (Lipinski definition) is 6. The normalized spacial score (nSPS) is 19.3. The molecule has 3 aliphatic rings. The molecule has 0 radical (unpaired) electrons. The molecule has 48 heavy (non-hydrogen) atoms. The Hall–Kier alpha value is -2.35. The maximum Gasteiger partial charge on any atom is 0.417 e. The standard InChI is InChI=1S/C35H52F4N6O2S/c1-24(2)45(25(3)4)34(47)43-17-12-31-29(23-43)33(40-44(31)22-28(46)21-42-13-6-5-7-14-42)26-8-9-30(35(37,38)39)32(20-26)48-19-18-41-15-10-27(36)11-16-41/h8-9,20,24-25,27-28,46H,5-7,10-19,21-23H2,1-4H3/t28-/m1/s1. The van der Waals surface area contributed by atoms with Crippen LogP contribution in [0.1, 0.15) is 76.6 Å². The van der Waals surface area contributed by atoms with E-state index < -0.39 is 24.0 Å². The number of carbonyl (C=O) groups excluding carboxylic acids is 1. The highest BCUT2D eigenvalue weighted by molar-refractivity contribution is 7.99. The molecule has 5 rings (SSSR count). The van der Waals surface area contributed by atoms with Gasteiger partial charge in [0.15, 0.2) is 0 Å². The maximum atomic E-state index is 14.2. The number of benzene rings is 1. The van der Waals surface area contributed by atoms with E-state index in [1.807, 2.05) is 42.2 Å². The predicted octanol–water partition coefficient (Wildman–Crippen LogP) is 6.54. The number of β-amino-alcohol motifs (C(OH)–C–C–N with tert-alkyl or cyclic N) is 1. The number of amides is 2. The van der Waals surface area contributed by atoms with Crippen LogP contribution in [-0.2, 0) is 25.7 Å². The summed E-state index contributed by atoms with van der Waals surface area (Å²) in [6.45, 7) is 13.3. The van der Waals surface area contributed by atoms with Crippen LogP contribution < -0.4 is 0 Å². The Kier molecular flexibility index (Phi) is 12.4. The fraction of sp³-hybridized carbons (Fsp3) is 0.714. The van der Waals surface area contributed by atoms with E-state index in [1.165, 1.54) is 12.5 Å². The third-order valence-electron chi connectivity index (χ3n) is 9.78. The lowest BCUT2D eigenvalue weighted by atomic mass is 9.99. The van der Waals surface area contributed by atoms with Crippen molar-refractivity contribution in [3.05, 3.63) is 35.0 Å². The average molecular weight is 697 g/mol. The number of nitrogens with zero attached hydrogens (tertiary/aromatic N) is 6. The van der Waals surface area contributed by atoms with Crippen molar-refractivity contribution in [2.24, 2.45) is 0 Å². The number of piperidine rings is 2. The third kappa shape index (κ3) is 9.05. The van der Waals surface area contributed by atoms with Crippen LogP contribution in [0.5, 0.6) is 0 Å². The van der Waals surface area contributed by atoms with Gasteiger partial charge in [0.25, 0.3) is 0 Å². The van der Waals surface area contributed by atoms with Gasteiger partial charge in [0.1, 0.15) is 6.17 Å². The van der Waals surface area contributed by atoms with Gasteiger partial charge in [-0.15, -0.1) is 11.8 Å². The van der Waals surface area contributed by atoms with Gasteiger partial charge in [0.05, 0.1) is 30.5 Å². The van der Waals surface area contributed by atoms with Crippen molar-refractivity contribution in [2.75, 3.05) is 51.6 Å². The predicted molar refractivity (Wildman–Crippen MR) is 182 cm³/mol. The minimum absolute atomic E-state index is 0.00357. The maximum absolute atomic E-state index is 14.2. The van der Waals surface area contributed by atoms with Crippen LogP contribution >= 0.6 is 11.8 Å². The van der Waals surface area contributed by atoms with E-state index in [4.69, 9.17) is 5.10 Å². The Bertz CT molecular complexity index is 1360. The van der Waals surface area contributed by atoms with Gasteiger partial charge < -0.3 is 24.7 Å². The first-order valence-electron chi connectivity index (χ1n) is 17.6. The van der Waals surface area contributed by atoms with E-state index >= 15 is 0 Å². The second-order valence-corrected chi connectivity index (χ2v) is 15.2. The summed E-state index contributed by atoms with van der Waals surface area (Å²) in [6, 6.07) is 4.12. The largest absolute Gasteiger partial charge is 0.417 e. The zero-order valence-corrected chi connectivity index (χ0v) is 29.6. The van der Waals surface area contributed by atoms with Crippen LogP contribution in [0.25, 0.3) is 11.3 Å². The van der Waals surface area contributed by atoms with Gasteiger partial charge in [0.2, 0.25) is 0 Å². The van der Waals surface area contributed by atoms with Gasteiger partial charge in [-0.3, -0.25) is 4.68 Å². The van der Waals surface area contributed by atoms with Crippen molar-refractivity contribution in [3.8, 4) is 11.3 Å². The molecule has 4 heterocycles. The van der Waals surface area contributed by atoms with Gasteiger partial charge in [0, 0.05) is 78.7 Å². The van der Waals surface area contributed by atoms with Gasteiger partial charge in [-0.2, -0.15) is 18.3 Å². The Morgan fingerprint density at radius 1 is 1.00 bits per heavy atom. The Labute approximate surface area is 286 Å². The first-order chi connectivity index (χ1) is 22.8. The second-order valence-electron chi connectivity index (χ2n) is 14.1. The highest BCUT2D eigenvalue weighted by Gasteiger charge is 2.36. The number of aromatic nitrogens is 2. The number of aliphatic hydroxyl groups is 1. The number of alkyl halides is 4. The molecule has 268 valence electrons. The summed E-state index contributed by atoms with van der Waals surface area (Å²) in [5.74, 6) is 0.446. The molecule has 2 fully saturated rings. The molecule has 0 aliphatic carbocycles. The van der Waals surface area contributed by atoms with Gasteiger partial charge in [-0.05, 0) is 78.6 Å². The summed E-state index contributed by atoms with van der Waals surface area (Å²) in [6.07, 6.45) is -1.09. The number of thioether (sulfide) groups is 1. The number of halogens is 4. The number of hydrogen-bond donors (Lipinski definition) is 1. The number of rotatable bonds is 11. The molecule has 0 bridgehead atoms. The number of carbonyl (C=O) groups is 1. The summed E-state index contributed by atoms with van der Waals surface area (Å²) in [5, 5.41) is 16.1. The van der Waals surface area contributed by atoms with E-state index in [1.54, 1.807) is 6.07 Å². The Balaban J connectivity index is 1.44. The molecule has 1 atom stereocenters. The van der Waals surface area contributed by atoms with E-state index in [-0.39, 0.29) is 36.1 Å². The van der Waals surface area contributed by atoms with Crippen molar-refractivity contribution >= 4 is 17.8 Å². The summed E-state index contributed by atoms with van der Waals surface area (Å²) in [4.78, 5) is 21.9. The van der Waals surface area contributed by atoms with Gasteiger partial charge in [-0.25, -0.2) is 9.18 Å². The van der Waals surface area contributed by atoms with E-state index in [0.717, 1.165) is 55.0 Å². The molecule has 1 N–H and O–H groups in total. The van der Waals surface area contributed by atoms with Crippen molar-refractivity contribution in [3.63, 3.8) is 0 Å². The number of urea groups is 1. The van der Waals surface area contributed by atoms with Crippen LogP contribution in [-0.4, -0.2) is 116 Å². The summed E-state index contributed by atoms with van der Waals surface area (Å²) >= 11 is 1.16. The molecule has 0 unspecified atom stereocenters. The summed E-state index contributed by atoms with van der Waals surface area (Å²) < 4.78 is 58.0. The van der Waals surface area contributed by atoms with Crippen molar-refractivity contribution in [2.45, 2.75) is 115 Å². The number of fused-ring (bicyclic) bond motifs is 1. The quantitative estimate of drug-likeness (QED) is 0.213. The Morgan fingerprint density at radius 3 is 2.33 bits per heavy atom. The molecular weight excluding hydrogens is 644 g/mol. The summed E-state index contributed by atoms with van der Waals surface area (Å²) in [7, 11) is 0. The van der Waals surface area contributed by atoms with Crippen LogP contribution in [0.15, 0.2) is 23.1 Å². The average Bonchev–Trinajstić information content (AvgIpc) is 3.38. The zero-order chi connectivity index (χ0) is 34.6. The lowest BCUT2D eigenvalue weighted by molar-refractivity contribution is -0.139. The molecule has 2 aromatic rings. The van der Waals surface area contributed by atoms with Crippen LogP contribution in [0.3, 0.4) is 0 Å². The van der Waals surface area contributed by atoms with E-state index in [2.05, 4.69) is 9.80 Å². The fourth-order valence-electron chi connectivity index (χ4n) is 7.37. The molecular formula is C35H52F4N6O2S. The first kappa shape index (κ1) is 36.9. The van der Waals surface area contributed by atoms with Crippen LogP contribution in [0, 0.1) is 0 Å². The topological polar surface area (TPSA) is 68.1 Å². The lowest BCUT2D eigenvalue weighted by Crippen LogP contribution is -2.51. The highest BCUT2D eigenvalue weighted by atomic mass is 32.2. The Morgan fingerprint density at radius 2 is 1.69 bits per heavy atom. The molecule has 1 aromatic heterocycles. The smallest absolute Gasteiger partial charge is 0.390 e. The molecule has 3 aliphatic heterocycles. The minimum Gasteiger partial charge on any atom is -0.390 e. The first-order valence-corrected chi connectivity index (χ1v) is 18.6. The summed E-state index contributed by atoms with van der Waals surface area (Å²) in [5.41, 5.74) is 2.15. The molecule has 0 spiro atoms. The molecule has 2 amide bonds. The zero-order valence-electron chi connectivity index (χ0n) is 28.8. The molecule has 1 aromatic carbocycles. The van der Waals surface area contributed by atoms with Crippen LogP contribution in [0.2, 0.25) is 0 Å². The van der Waals surface area contributed by atoms with Gasteiger partial charge >= 0.3 is 12.2 Å². The SMILES string of the molecule is CC(C)N(C(=O)N1CCc2c(c(-c3ccc(C(F)(F)F)c(SCCN4CCC(F)CC4)c3)nn2C[C@H](O)CN2CCCCC2)C1)C(C)C. The molecule has 13 heteroatoms. The number of likely N-dealkylation sites (tertiary alicyclic amines) is 2. The van der Waals surface area contributed by atoms with Crippen molar-refractivity contribution < 1.29 is 27.5 Å². The van der Waals surface area contributed by atoms with Gasteiger partial charge in [-0.1, -0.05) is 12.5 Å². The molecule has 2 saturated heterocycles. The van der Waals surface area contributed by atoms with E-state index in [9.17, 15) is 27.5 Å². The fourth-order valence-corrected chi connectivity index (χ4v) is 8.49. The number of aliphatic hydroxyl groups excluding tert-OH is 1. The van der Waals surface area contributed by atoms with Crippen LogP contribution in [0.4, 0.5) is 22.4 Å². The third-order valence-corrected chi connectivity index (χ3v) is 10.8. The van der Waals surface area contributed by atoms with E-state index in [0.29, 0.717) is 69.0 Å². The monoisotopic (exact) mass is 696 g/mol. The minimum atomic E-state index is -4.52. The second kappa shape index (κ2) is 16.1. The molecule has 8 nitrogen and oxygen atoms in total. The van der Waals surface area contributed by atoms with Crippen molar-refractivity contribution in [1.29, 1.82) is 0 Å². The molecule has 0 saturated carbocycles.